The van der Waals surface area contributed by atoms with Gasteiger partial charge in [0, 0.05) is 16.8 Å². The highest BCUT2D eigenvalue weighted by Gasteiger charge is 2.15. The van der Waals surface area contributed by atoms with Gasteiger partial charge in [0.2, 0.25) is 0 Å². The van der Waals surface area contributed by atoms with E-state index in [4.69, 9.17) is 5.84 Å². The predicted molar refractivity (Wildman–Crippen MR) is 78.4 cm³/mol. The highest BCUT2D eigenvalue weighted by atomic mass is 19.1. The topological polar surface area (TPSA) is 75.9 Å². The minimum absolute atomic E-state index is 0.165. The number of nitrogens with zero attached hydrogens (tertiary/aromatic N) is 2. The highest BCUT2D eigenvalue weighted by Crippen LogP contribution is 2.31. The quantitative estimate of drug-likeness (QED) is 0.590. The Labute approximate surface area is 117 Å². The zero-order chi connectivity index (χ0) is 14.7. The zero-order valence-corrected chi connectivity index (χ0v) is 11.7. The Hall–Kier alpha value is -2.21. The molecule has 106 valence electrons. The summed E-state index contributed by atoms with van der Waals surface area (Å²) in [5.74, 6) is 6.57. The summed E-state index contributed by atoms with van der Waals surface area (Å²) < 4.78 is 13.6. The smallest absolute Gasteiger partial charge is 0.148 e. The van der Waals surface area contributed by atoms with E-state index in [0.717, 1.165) is 5.56 Å². The molecular formula is C14H18FN5. The number of aromatic nitrogens is 2. The molecule has 0 radical (unpaired) electrons. The van der Waals surface area contributed by atoms with Crippen LogP contribution in [0.25, 0.3) is 0 Å². The van der Waals surface area contributed by atoms with E-state index < -0.39 is 0 Å². The lowest BCUT2D eigenvalue weighted by molar-refractivity contribution is 0.619. The first-order chi connectivity index (χ1) is 9.54. The number of anilines is 3. The van der Waals surface area contributed by atoms with Crippen molar-refractivity contribution in [3.8, 4) is 0 Å². The fourth-order valence-corrected chi connectivity index (χ4v) is 2.03. The van der Waals surface area contributed by atoms with E-state index in [9.17, 15) is 4.39 Å². The lowest BCUT2D eigenvalue weighted by Crippen LogP contribution is -2.14. The van der Waals surface area contributed by atoms with Gasteiger partial charge in [0.15, 0.2) is 0 Å². The molecule has 0 aliphatic rings. The Morgan fingerprint density at radius 1 is 1.20 bits per heavy atom. The third-order valence-corrected chi connectivity index (χ3v) is 3.12. The van der Waals surface area contributed by atoms with Gasteiger partial charge in [0.25, 0.3) is 0 Å². The number of hydrazine groups is 1. The standard InChI is InChI=1S/C14H18FN5/c1-8(2)12-13(17-7-18-14(12)20-16)19-11-6-4-5-10(15)9(11)3/h4-8H,16H2,1-3H3,(H2,17,18,19,20). The molecule has 0 fully saturated rings. The molecule has 1 aromatic heterocycles. The molecule has 0 spiro atoms. The second-order valence-electron chi connectivity index (χ2n) is 4.82. The van der Waals surface area contributed by atoms with E-state index in [1.165, 1.54) is 12.4 Å². The van der Waals surface area contributed by atoms with Gasteiger partial charge >= 0.3 is 0 Å². The van der Waals surface area contributed by atoms with Crippen LogP contribution in [-0.4, -0.2) is 9.97 Å². The van der Waals surface area contributed by atoms with Gasteiger partial charge in [-0.3, -0.25) is 0 Å². The first-order valence-corrected chi connectivity index (χ1v) is 6.38. The number of hydrogen-bond donors (Lipinski definition) is 3. The molecule has 0 atom stereocenters. The molecule has 4 N–H and O–H groups in total. The minimum atomic E-state index is -0.257. The highest BCUT2D eigenvalue weighted by molar-refractivity contribution is 5.67. The van der Waals surface area contributed by atoms with Crippen molar-refractivity contribution in [2.75, 3.05) is 10.7 Å². The Kier molecular flexibility index (Phi) is 4.14. The van der Waals surface area contributed by atoms with E-state index in [1.54, 1.807) is 19.1 Å². The average Bonchev–Trinajstić information content (AvgIpc) is 2.43. The number of rotatable bonds is 4. The first-order valence-electron chi connectivity index (χ1n) is 6.38. The van der Waals surface area contributed by atoms with Crippen LogP contribution in [-0.2, 0) is 0 Å². The number of hydrogen-bond acceptors (Lipinski definition) is 5. The summed E-state index contributed by atoms with van der Waals surface area (Å²) in [6, 6.07) is 4.89. The maximum atomic E-state index is 13.6. The SMILES string of the molecule is Cc1c(F)cccc1Nc1ncnc(NN)c1C(C)C. The van der Waals surface area contributed by atoms with Gasteiger partial charge < -0.3 is 10.7 Å². The van der Waals surface area contributed by atoms with E-state index in [1.807, 2.05) is 13.8 Å². The Morgan fingerprint density at radius 2 is 1.90 bits per heavy atom. The number of nitrogens with two attached hydrogens (primary N) is 1. The summed E-state index contributed by atoms with van der Waals surface area (Å²) in [6.07, 6.45) is 1.41. The largest absolute Gasteiger partial charge is 0.340 e. The molecule has 20 heavy (non-hydrogen) atoms. The van der Waals surface area contributed by atoms with Crippen molar-refractivity contribution in [1.82, 2.24) is 9.97 Å². The van der Waals surface area contributed by atoms with Gasteiger partial charge in [-0.15, -0.1) is 0 Å². The van der Waals surface area contributed by atoms with E-state index in [2.05, 4.69) is 20.7 Å². The first kappa shape index (κ1) is 14.2. The lowest BCUT2D eigenvalue weighted by Gasteiger charge is -2.17. The molecule has 5 nitrogen and oxygen atoms in total. The van der Waals surface area contributed by atoms with Crippen molar-refractivity contribution in [3.63, 3.8) is 0 Å². The van der Waals surface area contributed by atoms with Crippen molar-refractivity contribution in [3.05, 3.63) is 41.5 Å². The number of nitrogens with one attached hydrogen (secondary N) is 2. The monoisotopic (exact) mass is 275 g/mol. The van der Waals surface area contributed by atoms with E-state index >= 15 is 0 Å². The Bertz CT molecular complexity index is 613. The summed E-state index contributed by atoms with van der Waals surface area (Å²) in [5.41, 5.74) is 4.64. The molecular weight excluding hydrogens is 257 g/mol. The van der Waals surface area contributed by atoms with Crippen LogP contribution >= 0.6 is 0 Å². The van der Waals surface area contributed by atoms with Crippen LogP contribution < -0.4 is 16.6 Å². The molecule has 2 aromatic rings. The van der Waals surface area contributed by atoms with E-state index in [0.29, 0.717) is 22.9 Å². The van der Waals surface area contributed by atoms with Gasteiger partial charge in [-0.2, -0.15) is 0 Å². The van der Waals surface area contributed by atoms with Gasteiger partial charge in [0.1, 0.15) is 23.8 Å². The molecule has 0 saturated carbocycles. The van der Waals surface area contributed by atoms with Crippen molar-refractivity contribution in [2.45, 2.75) is 26.7 Å². The molecule has 0 amide bonds. The summed E-state index contributed by atoms with van der Waals surface area (Å²) in [7, 11) is 0. The normalized spacial score (nSPS) is 10.7. The van der Waals surface area contributed by atoms with Crippen LogP contribution in [0, 0.1) is 12.7 Å². The summed E-state index contributed by atoms with van der Waals surface area (Å²) >= 11 is 0. The van der Waals surface area contributed by atoms with Crippen LogP contribution in [0.2, 0.25) is 0 Å². The van der Waals surface area contributed by atoms with Crippen LogP contribution in [0.1, 0.15) is 30.9 Å². The Balaban J connectivity index is 2.46. The van der Waals surface area contributed by atoms with Gasteiger partial charge in [-0.1, -0.05) is 19.9 Å². The molecule has 0 aliphatic carbocycles. The average molecular weight is 275 g/mol. The fraction of sp³-hybridized carbons (Fsp3) is 0.286. The molecule has 0 unspecified atom stereocenters. The molecule has 0 saturated heterocycles. The van der Waals surface area contributed by atoms with Gasteiger partial charge in [-0.25, -0.2) is 20.2 Å². The van der Waals surface area contributed by atoms with Crippen LogP contribution in [0.15, 0.2) is 24.5 Å². The lowest BCUT2D eigenvalue weighted by atomic mass is 10.0. The number of nitrogen functional groups attached to an aromatic ring is 1. The molecule has 6 heteroatoms. The fourth-order valence-electron chi connectivity index (χ4n) is 2.03. The van der Waals surface area contributed by atoms with Crippen molar-refractivity contribution in [1.29, 1.82) is 0 Å². The van der Waals surface area contributed by atoms with Crippen LogP contribution in [0.5, 0.6) is 0 Å². The maximum absolute atomic E-state index is 13.6. The predicted octanol–water partition coefficient (Wildman–Crippen LogP) is 3.08. The van der Waals surface area contributed by atoms with E-state index in [-0.39, 0.29) is 11.7 Å². The minimum Gasteiger partial charge on any atom is -0.340 e. The van der Waals surface area contributed by atoms with Crippen molar-refractivity contribution >= 4 is 17.3 Å². The maximum Gasteiger partial charge on any atom is 0.148 e. The molecule has 0 bridgehead atoms. The number of halogens is 1. The summed E-state index contributed by atoms with van der Waals surface area (Å²) in [5, 5.41) is 3.15. The third kappa shape index (κ3) is 2.70. The van der Waals surface area contributed by atoms with Crippen molar-refractivity contribution in [2.24, 2.45) is 5.84 Å². The molecule has 2 rings (SSSR count). The second-order valence-corrected chi connectivity index (χ2v) is 4.82. The molecule has 1 heterocycles. The summed E-state index contributed by atoms with van der Waals surface area (Å²) in [4.78, 5) is 8.33. The molecule has 1 aromatic carbocycles. The zero-order valence-electron chi connectivity index (χ0n) is 11.7. The van der Waals surface area contributed by atoms with Gasteiger partial charge in [0.05, 0.1) is 0 Å². The number of benzene rings is 1. The van der Waals surface area contributed by atoms with Crippen molar-refractivity contribution < 1.29 is 4.39 Å². The van der Waals surface area contributed by atoms with Crippen LogP contribution in [0.3, 0.4) is 0 Å². The third-order valence-electron chi connectivity index (χ3n) is 3.12. The summed E-state index contributed by atoms with van der Waals surface area (Å²) in [6.45, 7) is 5.75. The Morgan fingerprint density at radius 3 is 2.55 bits per heavy atom. The van der Waals surface area contributed by atoms with Gasteiger partial charge in [-0.05, 0) is 25.0 Å². The van der Waals surface area contributed by atoms with Crippen LogP contribution in [0.4, 0.5) is 21.7 Å². The molecule has 0 aliphatic heterocycles. The second kappa shape index (κ2) is 5.83.